The van der Waals surface area contributed by atoms with Gasteiger partial charge in [0.2, 0.25) is 0 Å². The molecular weight excluding hydrogens is 1780 g/mol. The number of amides is 4. The number of amidine groups is 8. The largest absolute Gasteiger partial charge is 0.385 e. The monoisotopic (exact) mass is 1910 g/mol. The third kappa shape index (κ3) is 24.8. The van der Waals surface area contributed by atoms with E-state index >= 15 is 0 Å². The molecule has 4 aromatic rings. The van der Waals surface area contributed by atoms with Crippen molar-refractivity contribution >= 4 is 117 Å². The van der Waals surface area contributed by atoms with Gasteiger partial charge in [0.05, 0.1) is 78.4 Å². The van der Waals surface area contributed by atoms with Gasteiger partial charge in [-0.15, -0.1) is 40.8 Å². The van der Waals surface area contributed by atoms with Crippen LogP contribution in [0.2, 0.25) is 20.1 Å². The molecule has 718 valence electrons. The number of rotatable bonds is 16. The van der Waals surface area contributed by atoms with Crippen LogP contribution in [0.5, 0.6) is 0 Å². The molecule has 0 aliphatic carbocycles. The topological polar surface area (TPSA) is 356 Å². The maximum atomic E-state index is 13.3. The quantitative estimate of drug-likeness (QED) is 0.0868. The molecule has 4 aromatic carbocycles. The number of alkyl halides is 1. The number of nitrogens with two attached hydrogens (primary N) is 4. The van der Waals surface area contributed by atoms with E-state index in [4.69, 9.17) is 93.0 Å². The first-order valence-corrected chi connectivity index (χ1v) is 49.5. The highest BCUT2D eigenvalue weighted by molar-refractivity contribution is 6.31. The lowest BCUT2D eigenvalue weighted by atomic mass is 9.95. The molecule has 4 amide bonds. The van der Waals surface area contributed by atoms with E-state index in [2.05, 4.69) is 123 Å². The SMILES string of the molecule is CC1CN(C(=O)[C@H]2CN(C3CCN(C4=NN=C(N)C4)CC3)[C@@H](Cc3ccc(Cl)cc3)CO2)C1.NC1=NN=C(N2CCC(N3C[C@H](C(=O)N4CC(F)C4)OC[C@@H]3Cc3ccc(Cl)cc3)CC2)C1.NC1=NN=C(N2CCC(N3C[C@H](C(=O)N4CCCC4)OC[C@@H]3Cc3ccc(Cl)cc3)CC2)C1.NC1=NN=C(N2CCC(N3C[C@H](C(=O)N4CCOCC4)OC[C@@H]3Cc3ccc(Cl)cc3)CC2)C1. The Morgan fingerprint density at radius 3 is 0.805 bits per heavy atom. The highest BCUT2D eigenvalue weighted by Crippen LogP contribution is 2.35. The number of hydrogen-bond acceptors (Lipinski definition) is 29. The van der Waals surface area contributed by atoms with Crippen LogP contribution in [0.3, 0.4) is 0 Å². The zero-order chi connectivity index (χ0) is 92.2. The Kier molecular flexibility index (Phi) is 32.5. The highest BCUT2D eigenvalue weighted by atomic mass is 35.5. The summed E-state index contributed by atoms with van der Waals surface area (Å²) in [5.74, 6) is 7.08. The molecule has 0 unspecified atom stereocenters. The smallest absolute Gasteiger partial charge is 0.253 e. The molecule has 0 spiro atoms. The summed E-state index contributed by atoms with van der Waals surface area (Å²) < 4.78 is 43.3. The maximum absolute atomic E-state index is 13.3. The van der Waals surface area contributed by atoms with Crippen LogP contribution in [0.15, 0.2) is 138 Å². The molecule has 38 heteroatoms. The lowest BCUT2D eigenvalue weighted by Gasteiger charge is -2.48. The fraction of sp³-hybridized carbons (Fsp3) is 0.621. The van der Waals surface area contributed by atoms with Crippen LogP contribution in [0.4, 0.5) is 4.39 Å². The minimum Gasteiger partial charge on any atom is -0.385 e. The van der Waals surface area contributed by atoms with Crippen LogP contribution < -0.4 is 22.9 Å². The zero-order valence-corrected chi connectivity index (χ0v) is 79.3. The van der Waals surface area contributed by atoms with Crippen molar-refractivity contribution in [3.63, 3.8) is 0 Å². The standard InChI is InChI=1S/C24H33ClN6O3.2C24H33ClN6O2.C23H30ClFN6O2/c25-18-3-1-17(2-4-18)13-20-16-34-21(24(32)30-9-11-33-12-10-30)15-31(20)19-5-7-29(8-6-19)23-14-22(26)27-28-23;1-16-12-30(13-16)24(32)21-14-31(20(15-33-21)10-17-2-4-18(25)5-3-17)19-6-8-29(9-7-19)23-11-22(26)27-28-23;25-18-5-3-17(4-6-18)13-20-16-33-21(24(32)30-9-1-2-10-30)15-31(20)19-7-11-29(12-8-19)23-14-22(26)27-28-23;24-16-3-1-15(2-4-16)9-19-14-33-20(23(32)30-11-17(25)12-30)13-31(19)18-5-7-29(8-6-18)22-10-21(26)27-28-22/h1-4,19-21H,5-16H2,(H2,26,27);2-5,16,19-21H,6-15H2,1H3,(H2,26,27);3-6,19-21H,1-2,7-16H2,(H2,26,27);1-4,17-20H,5-14H2,(H2,26,27)/t3*20-,21+;19-,20+/m0000/s1. The summed E-state index contributed by atoms with van der Waals surface area (Å²) >= 11 is 24.3. The average Bonchev–Trinajstić information content (AvgIpc) is 0.829. The first kappa shape index (κ1) is 96.0. The predicted molar refractivity (Wildman–Crippen MR) is 515 cm³/mol. The van der Waals surface area contributed by atoms with Crippen LogP contribution >= 0.6 is 46.4 Å². The van der Waals surface area contributed by atoms with Gasteiger partial charge >= 0.3 is 0 Å². The Bertz CT molecular complexity index is 4740. The fourth-order valence-electron chi connectivity index (χ4n) is 21.5. The van der Waals surface area contributed by atoms with Crippen molar-refractivity contribution in [2.24, 2.45) is 69.7 Å². The molecule has 12 saturated heterocycles. The van der Waals surface area contributed by atoms with Crippen molar-refractivity contribution < 1.29 is 47.3 Å². The van der Waals surface area contributed by atoms with Crippen LogP contribution in [-0.4, -0.2) is 379 Å². The van der Waals surface area contributed by atoms with E-state index in [0.717, 1.165) is 207 Å². The van der Waals surface area contributed by atoms with Crippen LogP contribution in [0, 0.1) is 5.92 Å². The van der Waals surface area contributed by atoms with E-state index in [0.29, 0.717) is 163 Å². The summed E-state index contributed by atoms with van der Waals surface area (Å²) in [6.07, 6.45) is 13.6. The van der Waals surface area contributed by atoms with Crippen molar-refractivity contribution in [2.45, 2.75) is 201 Å². The molecular formula is C95H129Cl4FN24O9. The second-order valence-corrected chi connectivity index (χ2v) is 39.9. The van der Waals surface area contributed by atoms with Crippen molar-refractivity contribution in [3.05, 3.63) is 139 Å². The number of likely N-dealkylation sites (tertiary alicyclic amines) is 7. The van der Waals surface area contributed by atoms with Gasteiger partial charge in [-0.3, -0.25) is 38.8 Å². The number of nitrogens with zero attached hydrogens (tertiary/aromatic N) is 20. The van der Waals surface area contributed by atoms with Crippen molar-refractivity contribution in [1.82, 2.24) is 58.8 Å². The number of piperidine rings is 4. The summed E-state index contributed by atoms with van der Waals surface area (Å²) in [6.45, 7) is 20.4. The Morgan fingerprint density at radius 1 is 0.331 bits per heavy atom. The molecule has 12 fully saturated rings. The minimum absolute atomic E-state index is 0.0867. The number of carbonyl (C=O) groups is 4. The van der Waals surface area contributed by atoms with Gasteiger partial charge in [-0.25, -0.2) is 4.39 Å². The second kappa shape index (κ2) is 45.0. The van der Waals surface area contributed by atoms with Gasteiger partial charge in [0.1, 0.15) is 77.3 Å². The van der Waals surface area contributed by atoms with Crippen molar-refractivity contribution in [1.29, 1.82) is 0 Å². The van der Waals surface area contributed by atoms with Gasteiger partial charge in [0, 0.05) is 186 Å². The molecule has 8 N–H and O–H groups in total. The van der Waals surface area contributed by atoms with E-state index < -0.39 is 18.4 Å². The number of benzene rings is 4. The predicted octanol–water partition coefficient (Wildman–Crippen LogP) is 7.10. The molecule has 8 atom stereocenters. The molecule has 0 bridgehead atoms. The molecule has 33 nitrogen and oxygen atoms in total. The number of morpholine rings is 5. The van der Waals surface area contributed by atoms with Gasteiger partial charge in [0.15, 0.2) is 0 Å². The molecule has 20 rings (SSSR count). The van der Waals surface area contributed by atoms with Gasteiger partial charge in [-0.05, 0) is 167 Å². The van der Waals surface area contributed by atoms with Gasteiger partial charge < -0.3 is 85.8 Å². The van der Waals surface area contributed by atoms with Gasteiger partial charge in [0.25, 0.3) is 23.6 Å². The Hall–Kier alpha value is -8.75. The maximum Gasteiger partial charge on any atom is 0.253 e. The number of halogens is 5. The fourth-order valence-corrected chi connectivity index (χ4v) is 22.0. The van der Waals surface area contributed by atoms with Gasteiger partial charge in [-0.1, -0.05) is 102 Å². The lowest BCUT2D eigenvalue weighted by Crippen LogP contribution is -2.62. The van der Waals surface area contributed by atoms with Crippen LogP contribution in [-0.2, 0) is 68.5 Å². The zero-order valence-electron chi connectivity index (χ0n) is 76.3. The Morgan fingerprint density at radius 2 is 0.571 bits per heavy atom. The van der Waals surface area contributed by atoms with Crippen LogP contribution in [0.1, 0.15) is 119 Å². The molecule has 0 aromatic heterocycles. The minimum atomic E-state index is -0.910. The average molecular weight is 1910 g/mol. The van der Waals surface area contributed by atoms with E-state index in [1.54, 1.807) is 4.90 Å². The molecule has 0 saturated carbocycles. The van der Waals surface area contributed by atoms with Crippen LogP contribution in [0.25, 0.3) is 0 Å². The Labute approximate surface area is 799 Å². The third-order valence-electron chi connectivity index (χ3n) is 29.0. The Balaban J connectivity index is 0.000000124. The van der Waals surface area contributed by atoms with E-state index in [9.17, 15) is 23.6 Å². The lowest BCUT2D eigenvalue weighted by molar-refractivity contribution is -0.162. The van der Waals surface area contributed by atoms with E-state index in [1.165, 1.54) is 22.3 Å². The normalized spacial score (nSPS) is 27.2. The first-order valence-electron chi connectivity index (χ1n) is 47.9. The van der Waals surface area contributed by atoms with E-state index in [-0.39, 0.29) is 73.1 Å². The molecule has 16 heterocycles. The first-order chi connectivity index (χ1) is 64.5. The van der Waals surface area contributed by atoms with E-state index in [1.807, 2.05) is 75.4 Å². The molecule has 0 radical (unpaired) electrons. The molecule has 133 heavy (non-hydrogen) atoms. The van der Waals surface area contributed by atoms with Gasteiger partial charge in [-0.2, -0.15) is 0 Å². The number of hydrogen-bond donors (Lipinski definition) is 4. The summed E-state index contributed by atoms with van der Waals surface area (Å²) in [6, 6.07) is 34.5. The molecule has 16 aliphatic rings. The number of ether oxygens (including phenoxy) is 5. The highest BCUT2D eigenvalue weighted by Gasteiger charge is 2.47. The van der Waals surface area contributed by atoms with Crippen molar-refractivity contribution in [2.75, 3.05) is 171 Å². The summed E-state index contributed by atoms with van der Waals surface area (Å²) in [7, 11) is 0. The second-order valence-electron chi connectivity index (χ2n) is 38.2. The summed E-state index contributed by atoms with van der Waals surface area (Å²) in [4.78, 5) is 78.8. The summed E-state index contributed by atoms with van der Waals surface area (Å²) in [5.41, 5.74) is 28.1. The van der Waals surface area contributed by atoms with Crippen molar-refractivity contribution in [3.8, 4) is 0 Å². The summed E-state index contributed by atoms with van der Waals surface area (Å²) in [5, 5.41) is 35.8. The number of carbonyl (C=O) groups excluding carboxylic acids is 4. The molecule has 16 aliphatic heterocycles. The third-order valence-corrected chi connectivity index (χ3v) is 30.0.